The number of hydrogen-bond acceptors (Lipinski definition) is 4. The van der Waals surface area contributed by atoms with E-state index in [1.54, 1.807) is 39.0 Å². The quantitative estimate of drug-likeness (QED) is 0.877. The van der Waals surface area contributed by atoms with Crippen LogP contribution in [0.4, 0.5) is 0 Å². The standard InChI is InChI=1S/C15H24O4S/c1-5-13(16)12-8-6-7-9-14(12)19-10-11-20(17,18)15(2,3)4/h6-9,13,16H,5,10-11H2,1-4H3. The van der Waals surface area contributed by atoms with Gasteiger partial charge in [0.05, 0.1) is 16.6 Å². The lowest BCUT2D eigenvalue weighted by molar-refractivity contribution is 0.168. The highest BCUT2D eigenvalue weighted by Crippen LogP contribution is 2.27. The SMILES string of the molecule is CCC(O)c1ccccc1OCCS(=O)(=O)C(C)(C)C. The Morgan fingerprint density at radius 1 is 1.25 bits per heavy atom. The van der Waals surface area contributed by atoms with E-state index in [2.05, 4.69) is 0 Å². The summed E-state index contributed by atoms with van der Waals surface area (Å²) in [5.41, 5.74) is 0.697. The maximum atomic E-state index is 12.0. The predicted octanol–water partition coefficient (Wildman–Crippen LogP) is 2.72. The predicted molar refractivity (Wildman–Crippen MR) is 80.7 cm³/mol. The van der Waals surface area contributed by atoms with Gasteiger partial charge in [-0.05, 0) is 33.3 Å². The lowest BCUT2D eigenvalue weighted by atomic mass is 10.1. The van der Waals surface area contributed by atoms with E-state index >= 15 is 0 Å². The van der Waals surface area contributed by atoms with Crippen molar-refractivity contribution in [2.24, 2.45) is 0 Å². The molecule has 1 aromatic carbocycles. The minimum absolute atomic E-state index is 0.0347. The molecule has 0 heterocycles. The Bertz CT molecular complexity index is 529. The van der Waals surface area contributed by atoms with Crippen LogP contribution in [0.5, 0.6) is 5.75 Å². The Labute approximate surface area is 121 Å². The molecule has 1 unspecified atom stereocenters. The molecule has 0 fully saturated rings. The van der Waals surface area contributed by atoms with Gasteiger partial charge in [0.1, 0.15) is 12.4 Å². The minimum atomic E-state index is -3.19. The largest absolute Gasteiger partial charge is 0.492 e. The average Bonchev–Trinajstić information content (AvgIpc) is 2.37. The van der Waals surface area contributed by atoms with Crippen LogP contribution in [0.15, 0.2) is 24.3 Å². The van der Waals surface area contributed by atoms with E-state index in [1.165, 1.54) is 0 Å². The number of para-hydroxylation sites is 1. The molecule has 0 aliphatic carbocycles. The summed E-state index contributed by atoms with van der Waals surface area (Å²) in [4.78, 5) is 0. The molecule has 0 aliphatic heterocycles. The number of aliphatic hydroxyl groups excluding tert-OH is 1. The molecule has 0 bridgehead atoms. The molecule has 0 aliphatic rings. The smallest absolute Gasteiger partial charge is 0.158 e. The van der Waals surface area contributed by atoms with Crippen molar-refractivity contribution < 1.29 is 18.3 Å². The number of benzene rings is 1. The van der Waals surface area contributed by atoms with Gasteiger partial charge in [-0.2, -0.15) is 0 Å². The molecule has 0 saturated carbocycles. The van der Waals surface area contributed by atoms with Crippen molar-refractivity contribution in [2.45, 2.75) is 45.0 Å². The van der Waals surface area contributed by atoms with Crippen LogP contribution in [0.2, 0.25) is 0 Å². The number of rotatable bonds is 6. The topological polar surface area (TPSA) is 63.6 Å². The van der Waals surface area contributed by atoms with Crippen molar-refractivity contribution >= 4 is 9.84 Å². The molecule has 1 rings (SSSR count). The van der Waals surface area contributed by atoms with Gasteiger partial charge in [-0.25, -0.2) is 8.42 Å². The Kier molecular flexibility index (Phi) is 5.59. The minimum Gasteiger partial charge on any atom is -0.492 e. The summed E-state index contributed by atoms with van der Waals surface area (Å²) in [6.07, 6.45) is -0.00821. The molecule has 1 N–H and O–H groups in total. The van der Waals surface area contributed by atoms with Crippen molar-refractivity contribution in [1.29, 1.82) is 0 Å². The third-order valence-corrected chi connectivity index (χ3v) is 5.78. The van der Waals surface area contributed by atoms with E-state index in [1.807, 2.05) is 13.0 Å². The van der Waals surface area contributed by atoms with Crippen molar-refractivity contribution in [3.8, 4) is 5.75 Å². The zero-order valence-electron chi connectivity index (χ0n) is 12.6. The number of sulfone groups is 1. The molecule has 114 valence electrons. The summed E-state index contributed by atoms with van der Waals surface area (Å²) < 4.78 is 28.7. The molecule has 0 spiro atoms. The van der Waals surface area contributed by atoms with Gasteiger partial charge >= 0.3 is 0 Å². The fourth-order valence-corrected chi connectivity index (χ4v) is 2.59. The molecular formula is C15H24O4S. The lowest BCUT2D eigenvalue weighted by Gasteiger charge is -2.20. The van der Waals surface area contributed by atoms with Gasteiger partial charge in [0.15, 0.2) is 9.84 Å². The van der Waals surface area contributed by atoms with Crippen LogP contribution in [0.1, 0.15) is 45.8 Å². The lowest BCUT2D eigenvalue weighted by Crippen LogP contribution is -2.32. The maximum Gasteiger partial charge on any atom is 0.158 e. The second-order valence-corrected chi connectivity index (χ2v) is 8.60. The van der Waals surface area contributed by atoms with Gasteiger partial charge in [-0.1, -0.05) is 25.1 Å². The van der Waals surface area contributed by atoms with Gasteiger partial charge < -0.3 is 9.84 Å². The molecule has 1 atom stereocenters. The molecule has 0 saturated heterocycles. The maximum absolute atomic E-state index is 12.0. The van der Waals surface area contributed by atoms with Gasteiger partial charge in [-0.15, -0.1) is 0 Å². The molecule has 1 aromatic rings. The normalized spacial score (nSPS) is 14.1. The zero-order valence-corrected chi connectivity index (χ0v) is 13.4. The number of aliphatic hydroxyl groups is 1. The van der Waals surface area contributed by atoms with Crippen LogP contribution in [0.3, 0.4) is 0 Å². The van der Waals surface area contributed by atoms with Crippen LogP contribution in [0, 0.1) is 0 Å². The van der Waals surface area contributed by atoms with Gasteiger partial charge in [0.2, 0.25) is 0 Å². The summed E-state index contributed by atoms with van der Waals surface area (Å²) >= 11 is 0. The van der Waals surface area contributed by atoms with Crippen molar-refractivity contribution in [1.82, 2.24) is 0 Å². The fraction of sp³-hybridized carbons (Fsp3) is 0.600. The Morgan fingerprint density at radius 2 is 1.85 bits per heavy atom. The summed E-state index contributed by atoms with van der Waals surface area (Å²) in [7, 11) is -3.19. The van der Waals surface area contributed by atoms with Gasteiger partial charge in [0.25, 0.3) is 0 Å². The highest BCUT2D eigenvalue weighted by atomic mass is 32.2. The number of hydrogen-bond donors (Lipinski definition) is 1. The van der Waals surface area contributed by atoms with Crippen molar-refractivity contribution in [3.05, 3.63) is 29.8 Å². The first kappa shape index (κ1) is 17.0. The monoisotopic (exact) mass is 300 g/mol. The molecule has 0 amide bonds. The van der Waals surface area contributed by atoms with Crippen LogP contribution in [-0.4, -0.2) is 30.6 Å². The second kappa shape index (κ2) is 6.59. The highest BCUT2D eigenvalue weighted by Gasteiger charge is 2.28. The van der Waals surface area contributed by atoms with Crippen molar-refractivity contribution in [2.75, 3.05) is 12.4 Å². The van der Waals surface area contributed by atoms with Crippen molar-refractivity contribution in [3.63, 3.8) is 0 Å². The van der Waals surface area contributed by atoms with E-state index in [9.17, 15) is 13.5 Å². The molecule has 0 aromatic heterocycles. The summed E-state index contributed by atoms with van der Waals surface area (Å²) in [5.74, 6) is 0.513. The van der Waals surface area contributed by atoms with Gasteiger partial charge in [0, 0.05) is 5.56 Å². The Morgan fingerprint density at radius 3 is 2.40 bits per heavy atom. The summed E-state index contributed by atoms with van der Waals surface area (Å²) in [5, 5.41) is 9.90. The van der Waals surface area contributed by atoms with Crippen LogP contribution in [-0.2, 0) is 9.84 Å². The summed E-state index contributed by atoms with van der Waals surface area (Å²) in [6.45, 7) is 7.00. The second-order valence-electron chi connectivity index (χ2n) is 5.74. The van der Waals surface area contributed by atoms with E-state index in [0.29, 0.717) is 17.7 Å². The molecular weight excluding hydrogens is 276 g/mol. The van der Waals surface area contributed by atoms with E-state index < -0.39 is 20.7 Å². The third kappa shape index (κ3) is 4.21. The van der Waals surface area contributed by atoms with Gasteiger partial charge in [-0.3, -0.25) is 0 Å². The molecule has 5 heteroatoms. The first-order valence-corrected chi connectivity index (χ1v) is 8.46. The van der Waals surface area contributed by atoms with Crippen LogP contribution < -0.4 is 4.74 Å². The molecule has 20 heavy (non-hydrogen) atoms. The Balaban J connectivity index is 2.73. The number of ether oxygens (including phenoxy) is 1. The zero-order chi connectivity index (χ0) is 15.4. The summed E-state index contributed by atoms with van der Waals surface area (Å²) in [6, 6.07) is 7.17. The van der Waals surface area contributed by atoms with E-state index in [4.69, 9.17) is 4.74 Å². The molecule has 0 radical (unpaired) electrons. The van der Waals surface area contributed by atoms with Crippen LogP contribution >= 0.6 is 0 Å². The average molecular weight is 300 g/mol. The van der Waals surface area contributed by atoms with E-state index in [0.717, 1.165) is 0 Å². The third-order valence-electron chi connectivity index (χ3n) is 3.21. The highest BCUT2D eigenvalue weighted by molar-refractivity contribution is 7.92. The molecule has 4 nitrogen and oxygen atoms in total. The van der Waals surface area contributed by atoms with Crippen LogP contribution in [0.25, 0.3) is 0 Å². The first-order chi connectivity index (χ1) is 9.19. The van der Waals surface area contributed by atoms with E-state index in [-0.39, 0.29) is 12.4 Å². The first-order valence-electron chi connectivity index (χ1n) is 6.81. The fourth-order valence-electron chi connectivity index (χ4n) is 1.67. The Hall–Kier alpha value is -1.07.